The van der Waals surface area contributed by atoms with Crippen LogP contribution in [0.5, 0.6) is 5.75 Å². The molecule has 0 aliphatic heterocycles. The zero-order valence-electron chi connectivity index (χ0n) is 26.8. The number of nitrogens with one attached hydrogen (secondary N) is 1. The number of hydrazone groups is 1. The van der Waals surface area contributed by atoms with Gasteiger partial charge in [0, 0.05) is 37.2 Å². The molecule has 0 saturated carbocycles. The van der Waals surface area contributed by atoms with Gasteiger partial charge in [0.05, 0.1) is 21.4 Å². The number of hydrogen-bond acceptors (Lipinski definition) is 8. The molecule has 0 aliphatic carbocycles. The molecule has 0 fully saturated rings. The van der Waals surface area contributed by atoms with Gasteiger partial charge in [-0.1, -0.05) is 82.3 Å². The Bertz CT molecular complexity index is 1860. The van der Waals surface area contributed by atoms with Crippen molar-refractivity contribution in [1.29, 1.82) is 0 Å². The summed E-state index contributed by atoms with van der Waals surface area (Å²) >= 11 is 0. The van der Waals surface area contributed by atoms with E-state index in [9.17, 15) is 23.1 Å². The smallest absolute Gasteiger partial charge is 0.343 e. The molecule has 4 rings (SSSR count). The van der Waals surface area contributed by atoms with Gasteiger partial charge in [-0.3, -0.25) is 4.79 Å². The number of hydrogen-bond donors (Lipinski definition) is 3. The SMILES string of the molecule is C/C(=N/NC(=O)c1ccccc1S(N)(=O)=O)[C@@H](CN(CC(C)C)CC(C)C)[C@H](c1ccccc1)c1c(O)c2ccccc2oc1=O. The summed E-state index contributed by atoms with van der Waals surface area (Å²) in [5, 5.41) is 21.9. The Balaban J connectivity index is 1.89. The minimum atomic E-state index is -4.17. The second-order valence-corrected chi connectivity index (χ2v) is 13.9. The van der Waals surface area contributed by atoms with Crippen molar-refractivity contribution in [3.05, 3.63) is 106 Å². The van der Waals surface area contributed by atoms with Crippen LogP contribution in [0.15, 0.2) is 98.1 Å². The largest absolute Gasteiger partial charge is 0.507 e. The van der Waals surface area contributed by atoms with Crippen molar-refractivity contribution in [2.24, 2.45) is 28.0 Å². The summed E-state index contributed by atoms with van der Waals surface area (Å²) in [7, 11) is -4.17. The molecular weight excluding hydrogens is 604 g/mol. The number of amides is 1. The third kappa shape index (κ3) is 8.28. The maximum Gasteiger partial charge on any atom is 0.343 e. The number of carbonyl (C=O) groups excluding carboxylic acids is 1. The summed E-state index contributed by atoms with van der Waals surface area (Å²) in [5.74, 6) is -1.53. The molecule has 3 aromatic carbocycles. The number of para-hydroxylation sites is 1. The number of sulfonamides is 1. The molecule has 11 heteroatoms. The summed E-state index contributed by atoms with van der Waals surface area (Å²) in [6.45, 7) is 12.2. The molecule has 2 atom stereocenters. The van der Waals surface area contributed by atoms with Gasteiger partial charge in [-0.05, 0) is 48.6 Å². The number of rotatable bonds is 13. The Morgan fingerprint density at radius 2 is 1.50 bits per heavy atom. The van der Waals surface area contributed by atoms with E-state index in [1.54, 1.807) is 31.2 Å². The maximum absolute atomic E-state index is 13.7. The average molecular weight is 647 g/mol. The molecule has 0 unspecified atom stereocenters. The van der Waals surface area contributed by atoms with Crippen molar-refractivity contribution in [2.75, 3.05) is 19.6 Å². The molecule has 0 aliphatic rings. The van der Waals surface area contributed by atoms with Gasteiger partial charge in [0.25, 0.3) is 5.91 Å². The third-order valence-corrected chi connectivity index (χ3v) is 8.67. The van der Waals surface area contributed by atoms with Gasteiger partial charge < -0.3 is 14.4 Å². The quantitative estimate of drug-likeness (QED) is 0.101. The summed E-state index contributed by atoms with van der Waals surface area (Å²) in [6, 6.07) is 21.8. The number of primary sulfonamides is 1. The van der Waals surface area contributed by atoms with Crippen LogP contribution >= 0.6 is 0 Å². The summed E-state index contributed by atoms with van der Waals surface area (Å²) in [6.07, 6.45) is 0. The summed E-state index contributed by atoms with van der Waals surface area (Å²) in [4.78, 5) is 28.9. The number of nitrogens with zero attached hydrogens (tertiary/aromatic N) is 2. The van der Waals surface area contributed by atoms with Crippen LogP contribution < -0.4 is 16.2 Å². The zero-order chi connectivity index (χ0) is 33.6. The number of fused-ring (bicyclic) bond motifs is 1. The number of aromatic hydroxyl groups is 1. The third-order valence-electron chi connectivity index (χ3n) is 7.70. The van der Waals surface area contributed by atoms with E-state index in [-0.39, 0.29) is 27.4 Å². The van der Waals surface area contributed by atoms with Gasteiger partial charge in [-0.25, -0.2) is 23.8 Å². The highest BCUT2D eigenvalue weighted by atomic mass is 32.2. The molecule has 244 valence electrons. The topological polar surface area (TPSA) is 155 Å². The van der Waals surface area contributed by atoms with Crippen LogP contribution in [-0.4, -0.2) is 49.7 Å². The first-order valence-electron chi connectivity index (χ1n) is 15.3. The summed E-state index contributed by atoms with van der Waals surface area (Å²) < 4.78 is 30.0. The van der Waals surface area contributed by atoms with E-state index in [1.807, 2.05) is 30.3 Å². The minimum absolute atomic E-state index is 0.0874. The Labute approximate surface area is 270 Å². The van der Waals surface area contributed by atoms with E-state index in [0.717, 1.165) is 18.7 Å². The fourth-order valence-electron chi connectivity index (χ4n) is 5.88. The minimum Gasteiger partial charge on any atom is -0.507 e. The molecule has 0 saturated heterocycles. The lowest BCUT2D eigenvalue weighted by molar-refractivity contribution is 0.0951. The lowest BCUT2D eigenvalue weighted by atomic mass is 9.78. The fraction of sp³-hybridized carbons (Fsp3) is 0.343. The predicted molar refractivity (Wildman–Crippen MR) is 180 cm³/mol. The van der Waals surface area contributed by atoms with E-state index in [0.29, 0.717) is 29.5 Å². The van der Waals surface area contributed by atoms with Crippen molar-refractivity contribution < 1.29 is 22.7 Å². The molecule has 4 N–H and O–H groups in total. The van der Waals surface area contributed by atoms with Crippen LogP contribution in [0.25, 0.3) is 11.0 Å². The van der Waals surface area contributed by atoms with Crippen molar-refractivity contribution in [1.82, 2.24) is 10.3 Å². The van der Waals surface area contributed by atoms with Crippen LogP contribution in [0, 0.1) is 17.8 Å². The maximum atomic E-state index is 13.7. The molecule has 1 aromatic heterocycles. The van der Waals surface area contributed by atoms with E-state index in [4.69, 9.17) is 9.56 Å². The Hall–Kier alpha value is -4.32. The Morgan fingerprint density at radius 3 is 2.13 bits per heavy atom. The Kier molecular flexibility index (Phi) is 11.2. The highest BCUT2D eigenvalue weighted by molar-refractivity contribution is 7.89. The molecule has 46 heavy (non-hydrogen) atoms. The van der Waals surface area contributed by atoms with Crippen LogP contribution in [-0.2, 0) is 10.0 Å². The van der Waals surface area contributed by atoms with Crippen molar-refractivity contribution in [3.63, 3.8) is 0 Å². The standard InChI is InChI=1S/C35H42N4O6S/c1-22(2)19-39(20-23(3)4)21-28(24(5)37-38-34(41)27-16-10-12-18-30(27)46(36,43)44)31(25-13-7-6-8-14-25)32-33(40)26-15-9-11-17-29(26)45-35(32)42/h6-18,22-23,28,31,40H,19-21H2,1-5H3,(H,38,41)(H2,36,43,44)/b37-24-/t28-,31+/m1/s1. The van der Waals surface area contributed by atoms with Gasteiger partial charge in [-0.2, -0.15) is 5.10 Å². The molecular formula is C35H42N4O6S. The molecule has 1 heterocycles. The van der Waals surface area contributed by atoms with E-state index in [2.05, 4.69) is 43.1 Å². The monoisotopic (exact) mass is 646 g/mol. The van der Waals surface area contributed by atoms with Crippen molar-refractivity contribution in [2.45, 2.75) is 45.4 Å². The van der Waals surface area contributed by atoms with Gasteiger partial charge in [0.15, 0.2) is 0 Å². The Morgan fingerprint density at radius 1 is 0.913 bits per heavy atom. The molecule has 0 spiro atoms. The van der Waals surface area contributed by atoms with Crippen molar-refractivity contribution >= 4 is 32.6 Å². The highest BCUT2D eigenvalue weighted by Gasteiger charge is 2.35. The number of carbonyl (C=O) groups is 1. The first kappa shape index (κ1) is 34.6. The highest BCUT2D eigenvalue weighted by Crippen LogP contribution is 2.39. The molecule has 10 nitrogen and oxygen atoms in total. The number of benzene rings is 3. The molecule has 1 amide bonds. The lowest BCUT2D eigenvalue weighted by Gasteiger charge is -2.34. The first-order valence-corrected chi connectivity index (χ1v) is 16.8. The second kappa shape index (κ2) is 14.8. The van der Waals surface area contributed by atoms with Crippen LogP contribution in [0.3, 0.4) is 0 Å². The fourth-order valence-corrected chi connectivity index (χ4v) is 6.62. The number of nitrogens with two attached hydrogens (primary N) is 1. The summed E-state index contributed by atoms with van der Waals surface area (Å²) in [5.41, 5.74) is 3.25. The molecule has 4 aromatic rings. The predicted octanol–water partition coefficient (Wildman–Crippen LogP) is 5.31. The van der Waals surface area contributed by atoms with E-state index in [1.165, 1.54) is 24.3 Å². The van der Waals surface area contributed by atoms with Crippen LogP contribution in [0.4, 0.5) is 0 Å². The van der Waals surface area contributed by atoms with Crippen molar-refractivity contribution in [3.8, 4) is 5.75 Å². The molecule has 0 bridgehead atoms. The van der Waals surface area contributed by atoms with Gasteiger partial charge in [0.1, 0.15) is 11.3 Å². The average Bonchev–Trinajstić information content (AvgIpc) is 3.00. The van der Waals surface area contributed by atoms with Gasteiger partial charge in [-0.15, -0.1) is 0 Å². The first-order chi connectivity index (χ1) is 21.8. The zero-order valence-corrected chi connectivity index (χ0v) is 27.6. The van der Waals surface area contributed by atoms with E-state index >= 15 is 0 Å². The molecule has 0 radical (unpaired) electrons. The van der Waals surface area contributed by atoms with Gasteiger partial charge in [0.2, 0.25) is 10.0 Å². The van der Waals surface area contributed by atoms with Gasteiger partial charge >= 0.3 is 5.63 Å². The second-order valence-electron chi connectivity index (χ2n) is 12.4. The van der Waals surface area contributed by atoms with E-state index < -0.39 is 33.4 Å². The van der Waals surface area contributed by atoms with Crippen LogP contribution in [0.2, 0.25) is 0 Å². The normalized spacial score (nSPS) is 13.8. The lowest BCUT2D eigenvalue weighted by Crippen LogP contribution is -2.41. The van der Waals surface area contributed by atoms with Crippen LogP contribution in [0.1, 0.15) is 62.0 Å².